The minimum atomic E-state index is -3.68. The number of sulfonamides is 1. The molecule has 0 radical (unpaired) electrons. The van der Waals surface area contributed by atoms with Gasteiger partial charge in [-0.3, -0.25) is 19.2 Å². The van der Waals surface area contributed by atoms with Crippen molar-refractivity contribution in [1.82, 2.24) is 34.0 Å². The molecule has 5 aromatic rings. The predicted octanol–water partition coefficient (Wildman–Crippen LogP) is 7.08. The molecule has 0 bridgehead atoms. The number of fused-ring (bicyclic) bond motifs is 2. The lowest BCUT2D eigenvalue weighted by molar-refractivity contribution is 0.151. The quantitative estimate of drug-likeness (QED) is 0.149. The molecule has 60 heavy (non-hydrogen) atoms. The van der Waals surface area contributed by atoms with Gasteiger partial charge in [0, 0.05) is 97.8 Å². The van der Waals surface area contributed by atoms with E-state index in [1.807, 2.05) is 13.1 Å². The molecule has 16 heteroatoms. The van der Waals surface area contributed by atoms with Gasteiger partial charge in [0.15, 0.2) is 0 Å². The largest absolute Gasteiger partial charge is 0.371 e. The summed E-state index contributed by atoms with van der Waals surface area (Å²) in [6.45, 7) is 7.05. The van der Waals surface area contributed by atoms with Gasteiger partial charge in [0.25, 0.3) is 5.56 Å². The van der Waals surface area contributed by atoms with E-state index in [1.165, 1.54) is 0 Å². The minimum Gasteiger partial charge on any atom is -0.371 e. The molecule has 4 aliphatic rings. The number of carbonyl (C=O) groups excluding carboxylic acids is 1. The Balaban J connectivity index is 0.794. The van der Waals surface area contributed by atoms with Gasteiger partial charge in [-0.15, -0.1) is 0 Å². The maximum absolute atomic E-state index is 13.9. The highest BCUT2D eigenvalue weighted by Gasteiger charge is 2.32. The lowest BCUT2D eigenvalue weighted by Crippen LogP contribution is -2.47. The molecule has 3 aromatic heterocycles. The molecule has 316 valence electrons. The number of nitrogens with one attached hydrogen (secondary N) is 2. The van der Waals surface area contributed by atoms with Crippen molar-refractivity contribution in [2.75, 3.05) is 68.0 Å². The lowest BCUT2D eigenvalue weighted by Gasteiger charge is -2.40. The number of anilines is 4. The van der Waals surface area contributed by atoms with E-state index in [2.05, 4.69) is 55.6 Å². The van der Waals surface area contributed by atoms with Crippen molar-refractivity contribution in [3.63, 3.8) is 0 Å². The lowest BCUT2D eigenvalue weighted by atomic mass is 9.95. The van der Waals surface area contributed by atoms with E-state index in [9.17, 15) is 18.0 Å². The molecule has 2 amide bonds. The van der Waals surface area contributed by atoms with Crippen LogP contribution in [-0.2, 0) is 10.0 Å². The smallest absolute Gasteiger partial charge is 0.321 e. The molecule has 9 rings (SSSR count). The predicted molar refractivity (Wildman–Crippen MR) is 237 cm³/mol. The molecule has 1 saturated carbocycles. The first kappa shape index (κ1) is 40.6. The molecule has 0 unspecified atom stereocenters. The Morgan fingerprint density at radius 1 is 0.883 bits per heavy atom. The topological polar surface area (TPSA) is 149 Å². The minimum absolute atomic E-state index is 0.0519. The fraction of sp³-hybridized carbons (Fsp3) is 0.477. The molecular weight excluding hydrogens is 800 g/mol. The molecular formula is C44H53ClN10O4S. The Bertz CT molecular complexity index is 2580. The van der Waals surface area contributed by atoms with Crippen LogP contribution in [0.3, 0.4) is 0 Å². The number of aromatic nitrogens is 4. The fourth-order valence-corrected chi connectivity index (χ4v) is 11.6. The number of benzene rings is 2. The normalized spacial score (nSPS) is 19.2. The third-order valence-corrected chi connectivity index (χ3v) is 15.3. The van der Waals surface area contributed by atoms with Crippen molar-refractivity contribution in [3.05, 3.63) is 82.0 Å². The van der Waals surface area contributed by atoms with Crippen molar-refractivity contribution >= 4 is 72.5 Å². The third kappa shape index (κ3) is 7.92. The van der Waals surface area contributed by atoms with E-state index >= 15 is 0 Å². The standard InChI is InChI=1S/C44H53ClN10O4S/c1-29-23-34(11-12-38(29)49-43-48-25-31-24-37(45)42(56)55(41(31)50-43)33-7-3-4-8-33)60(58,59)53-21-13-30(14-22-53)28-51(2)32-15-19-52(20-16-32)39-10-5-9-35-36(39)26-46-27-40(35)54-18-6-17-47-44(54)57/h5,9-12,23-27,30,32-33H,3-4,6-8,13-22,28H2,1-2H3,(H,47,57)(H,48,49,50). The van der Waals surface area contributed by atoms with E-state index in [1.54, 1.807) is 50.4 Å². The molecule has 4 fully saturated rings. The van der Waals surface area contributed by atoms with Crippen LogP contribution in [0, 0.1) is 12.8 Å². The van der Waals surface area contributed by atoms with Gasteiger partial charge < -0.3 is 20.4 Å². The second-order valence-electron chi connectivity index (χ2n) is 17.0. The number of aryl methyl sites for hydroxylation is 1. The van der Waals surface area contributed by atoms with Crippen LogP contribution in [0.1, 0.15) is 69.4 Å². The maximum Gasteiger partial charge on any atom is 0.321 e. The summed E-state index contributed by atoms with van der Waals surface area (Å²) in [5.74, 6) is 0.749. The highest BCUT2D eigenvalue weighted by atomic mass is 35.5. The van der Waals surface area contributed by atoms with Gasteiger partial charge in [-0.1, -0.05) is 36.6 Å². The summed E-state index contributed by atoms with van der Waals surface area (Å²) in [5, 5.41) is 9.18. The molecule has 2 N–H and O–H groups in total. The molecule has 0 atom stereocenters. The second-order valence-corrected chi connectivity index (χ2v) is 19.3. The zero-order chi connectivity index (χ0) is 41.5. The zero-order valence-corrected chi connectivity index (χ0v) is 35.9. The van der Waals surface area contributed by atoms with E-state index in [4.69, 9.17) is 16.6 Å². The summed E-state index contributed by atoms with van der Waals surface area (Å²) in [7, 11) is -1.47. The Labute approximate surface area is 356 Å². The van der Waals surface area contributed by atoms with Crippen LogP contribution in [0.25, 0.3) is 21.8 Å². The molecule has 3 aliphatic heterocycles. The van der Waals surface area contributed by atoms with Crippen molar-refractivity contribution in [2.45, 2.75) is 81.7 Å². The Kier molecular flexibility index (Phi) is 11.4. The van der Waals surface area contributed by atoms with Crippen LogP contribution in [-0.4, -0.2) is 102 Å². The van der Waals surface area contributed by atoms with Gasteiger partial charge in [-0.05, 0) is 101 Å². The number of pyridine rings is 2. The third-order valence-electron chi connectivity index (χ3n) is 13.2. The first-order valence-corrected chi connectivity index (χ1v) is 23.2. The van der Waals surface area contributed by atoms with Crippen molar-refractivity contribution in [2.24, 2.45) is 5.92 Å². The van der Waals surface area contributed by atoms with Gasteiger partial charge in [0.2, 0.25) is 16.0 Å². The van der Waals surface area contributed by atoms with Crippen molar-refractivity contribution in [3.8, 4) is 0 Å². The van der Waals surface area contributed by atoms with Crippen LogP contribution >= 0.6 is 11.6 Å². The van der Waals surface area contributed by atoms with Crippen molar-refractivity contribution in [1.29, 1.82) is 0 Å². The molecule has 3 saturated heterocycles. The monoisotopic (exact) mass is 852 g/mol. The number of carbonyl (C=O) groups is 1. The number of halogens is 1. The number of hydrogen-bond acceptors (Lipinski definition) is 10. The van der Waals surface area contributed by atoms with E-state index in [-0.39, 0.29) is 27.6 Å². The molecule has 2 aromatic carbocycles. The summed E-state index contributed by atoms with van der Waals surface area (Å²) >= 11 is 6.31. The van der Waals surface area contributed by atoms with E-state index in [0.717, 1.165) is 105 Å². The fourth-order valence-electron chi connectivity index (χ4n) is 9.80. The van der Waals surface area contributed by atoms with Crippen molar-refractivity contribution < 1.29 is 13.2 Å². The number of hydrogen-bond donors (Lipinski definition) is 2. The Morgan fingerprint density at radius 3 is 2.42 bits per heavy atom. The van der Waals surface area contributed by atoms with Crippen LogP contribution in [0.2, 0.25) is 5.02 Å². The van der Waals surface area contributed by atoms with E-state index < -0.39 is 10.0 Å². The van der Waals surface area contributed by atoms with E-state index in [0.29, 0.717) is 60.8 Å². The van der Waals surface area contributed by atoms with Crippen LogP contribution in [0.5, 0.6) is 0 Å². The summed E-state index contributed by atoms with van der Waals surface area (Å²) in [4.78, 5) is 46.5. The number of piperidine rings is 2. The summed E-state index contributed by atoms with van der Waals surface area (Å²) in [6, 6.07) is 13.5. The first-order chi connectivity index (χ1) is 29.0. The number of amides is 2. The highest BCUT2D eigenvalue weighted by molar-refractivity contribution is 7.89. The summed E-state index contributed by atoms with van der Waals surface area (Å²) in [6.07, 6.45) is 13.9. The maximum atomic E-state index is 13.9. The zero-order valence-electron chi connectivity index (χ0n) is 34.3. The van der Waals surface area contributed by atoms with Crippen LogP contribution in [0.4, 0.5) is 27.8 Å². The average Bonchev–Trinajstić information content (AvgIpc) is 3.80. The Hall–Kier alpha value is -4.83. The SMILES string of the molecule is Cc1cc(S(=O)(=O)N2CCC(CN(C)C3CCN(c4cccc5c(N6CCCNC6=O)cncc45)CC3)CC2)ccc1Nc1ncc2cc(Cl)c(=O)n(C3CCCC3)c2n1. The highest BCUT2D eigenvalue weighted by Crippen LogP contribution is 2.36. The van der Waals surface area contributed by atoms with Crippen LogP contribution in [0.15, 0.2) is 70.7 Å². The van der Waals surface area contributed by atoms with Gasteiger partial charge >= 0.3 is 6.03 Å². The molecule has 0 spiro atoms. The van der Waals surface area contributed by atoms with Gasteiger partial charge in [0.05, 0.1) is 16.8 Å². The molecule has 14 nitrogen and oxygen atoms in total. The average molecular weight is 853 g/mol. The summed E-state index contributed by atoms with van der Waals surface area (Å²) in [5.41, 5.74) is 3.76. The number of nitrogens with zero attached hydrogens (tertiary/aromatic N) is 8. The van der Waals surface area contributed by atoms with Gasteiger partial charge in [-0.2, -0.15) is 9.29 Å². The molecule has 1 aliphatic carbocycles. The first-order valence-electron chi connectivity index (χ1n) is 21.4. The number of urea groups is 1. The van der Waals surface area contributed by atoms with Gasteiger partial charge in [-0.25, -0.2) is 18.2 Å². The van der Waals surface area contributed by atoms with Crippen LogP contribution < -0.4 is 26.0 Å². The molecule has 6 heterocycles. The Morgan fingerprint density at radius 2 is 1.67 bits per heavy atom. The summed E-state index contributed by atoms with van der Waals surface area (Å²) < 4.78 is 31.1. The number of rotatable bonds is 10. The van der Waals surface area contributed by atoms with Gasteiger partial charge in [0.1, 0.15) is 10.7 Å². The second kappa shape index (κ2) is 16.9.